The van der Waals surface area contributed by atoms with Crippen LogP contribution >= 0.6 is 0 Å². The third kappa shape index (κ3) is 3.68. The summed E-state index contributed by atoms with van der Waals surface area (Å²) in [6.45, 7) is 1.81. The second kappa shape index (κ2) is 7.01. The van der Waals surface area contributed by atoms with Crippen molar-refractivity contribution in [2.75, 3.05) is 18.0 Å². The maximum absolute atomic E-state index is 13.3. The Kier molecular flexibility index (Phi) is 4.41. The molecule has 0 unspecified atom stereocenters. The molecule has 1 fully saturated rings. The summed E-state index contributed by atoms with van der Waals surface area (Å²) in [6.07, 6.45) is 7.74. The Bertz CT molecular complexity index is 836. The number of piperidine rings is 1. The smallest absolute Gasteiger partial charge is 0.199 e. The molecule has 6 heteroatoms. The van der Waals surface area contributed by atoms with Crippen LogP contribution in [0.15, 0.2) is 53.5 Å². The molecule has 1 saturated heterocycles. The van der Waals surface area contributed by atoms with Crippen molar-refractivity contribution in [2.24, 2.45) is 0 Å². The lowest BCUT2D eigenvalue weighted by Crippen LogP contribution is -2.35. The van der Waals surface area contributed by atoms with E-state index in [0.717, 1.165) is 49.0 Å². The predicted octanol–water partition coefficient (Wildman–Crippen LogP) is 3.58. The van der Waals surface area contributed by atoms with Gasteiger partial charge in [0.2, 0.25) is 0 Å². The third-order valence-electron chi connectivity index (χ3n) is 4.50. The molecule has 0 radical (unpaired) electrons. The molecule has 0 N–H and O–H groups in total. The van der Waals surface area contributed by atoms with Crippen LogP contribution in [-0.4, -0.2) is 28.0 Å². The van der Waals surface area contributed by atoms with E-state index in [0.29, 0.717) is 6.42 Å². The number of rotatable bonds is 4. The number of nitrogens with zero attached hydrogens (tertiary/aromatic N) is 4. The maximum atomic E-state index is 13.3. The normalized spacial score (nSPS) is 17.6. The number of halogens is 1. The zero-order valence-electron chi connectivity index (χ0n) is 13.8. The Morgan fingerprint density at radius 1 is 1.24 bits per heavy atom. The molecule has 2 aromatic heterocycles. The Morgan fingerprint density at radius 2 is 2.20 bits per heavy atom. The van der Waals surface area contributed by atoms with E-state index in [2.05, 4.69) is 19.9 Å². The van der Waals surface area contributed by atoms with Gasteiger partial charge in [-0.15, -0.1) is 0 Å². The van der Waals surface area contributed by atoms with Crippen LogP contribution in [0.2, 0.25) is 0 Å². The molecule has 0 bridgehead atoms. The van der Waals surface area contributed by atoms with Gasteiger partial charge in [0.05, 0.1) is 12.1 Å². The van der Waals surface area contributed by atoms with E-state index in [1.807, 2.05) is 12.1 Å². The van der Waals surface area contributed by atoms with Crippen molar-refractivity contribution in [3.05, 3.63) is 72.1 Å². The predicted molar refractivity (Wildman–Crippen MR) is 91.9 cm³/mol. The molecule has 4 rings (SSSR count). The van der Waals surface area contributed by atoms with Gasteiger partial charge in [-0.3, -0.25) is 0 Å². The van der Waals surface area contributed by atoms with Gasteiger partial charge in [-0.05, 0) is 36.6 Å². The largest absolute Gasteiger partial charge is 0.445 e. The molecule has 1 aliphatic rings. The van der Waals surface area contributed by atoms with E-state index in [1.54, 1.807) is 24.8 Å². The minimum Gasteiger partial charge on any atom is -0.445 e. The van der Waals surface area contributed by atoms with Crippen molar-refractivity contribution in [2.45, 2.75) is 25.2 Å². The second-order valence-electron chi connectivity index (χ2n) is 6.32. The first kappa shape index (κ1) is 15.7. The topological polar surface area (TPSA) is 55.1 Å². The number of benzene rings is 1. The van der Waals surface area contributed by atoms with Crippen LogP contribution in [0, 0.1) is 5.82 Å². The van der Waals surface area contributed by atoms with E-state index < -0.39 is 0 Å². The van der Waals surface area contributed by atoms with Crippen molar-refractivity contribution in [3.63, 3.8) is 0 Å². The van der Waals surface area contributed by atoms with Crippen LogP contribution in [0.1, 0.15) is 36.0 Å². The molecule has 25 heavy (non-hydrogen) atoms. The molecule has 1 aromatic carbocycles. The third-order valence-corrected chi connectivity index (χ3v) is 4.50. The van der Waals surface area contributed by atoms with E-state index >= 15 is 0 Å². The quantitative estimate of drug-likeness (QED) is 0.728. The Labute approximate surface area is 145 Å². The highest BCUT2D eigenvalue weighted by Gasteiger charge is 2.25. The highest BCUT2D eigenvalue weighted by atomic mass is 19.1. The number of hydrogen-bond donors (Lipinski definition) is 0. The molecule has 1 atom stereocenters. The van der Waals surface area contributed by atoms with Crippen molar-refractivity contribution < 1.29 is 8.81 Å². The molecule has 0 saturated carbocycles. The molecule has 3 heterocycles. The van der Waals surface area contributed by atoms with Gasteiger partial charge in [0, 0.05) is 25.7 Å². The first-order valence-corrected chi connectivity index (χ1v) is 8.48. The van der Waals surface area contributed by atoms with Crippen LogP contribution in [0.3, 0.4) is 0 Å². The molecule has 0 spiro atoms. The van der Waals surface area contributed by atoms with E-state index in [4.69, 9.17) is 4.42 Å². The fourth-order valence-electron chi connectivity index (χ4n) is 3.30. The van der Waals surface area contributed by atoms with Crippen LogP contribution < -0.4 is 4.90 Å². The van der Waals surface area contributed by atoms with E-state index in [9.17, 15) is 4.39 Å². The number of hydrogen-bond acceptors (Lipinski definition) is 5. The zero-order chi connectivity index (χ0) is 17.1. The summed E-state index contributed by atoms with van der Waals surface area (Å²) in [4.78, 5) is 15.0. The minimum absolute atomic E-state index is 0.231. The summed E-state index contributed by atoms with van der Waals surface area (Å²) < 4.78 is 19.3. The summed E-state index contributed by atoms with van der Waals surface area (Å²) in [5.74, 6) is 2.46. The Hall–Kier alpha value is -2.76. The van der Waals surface area contributed by atoms with Gasteiger partial charge in [-0.1, -0.05) is 12.1 Å². The van der Waals surface area contributed by atoms with Crippen LogP contribution in [-0.2, 0) is 6.42 Å². The fourth-order valence-corrected chi connectivity index (χ4v) is 3.30. The van der Waals surface area contributed by atoms with Gasteiger partial charge in [0.25, 0.3) is 0 Å². The van der Waals surface area contributed by atoms with Gasteiger partial charge in [0.1, 0.15) is 23.7 Å². The molecule has 5 nitrogen and oxygen atoms in total. The summed E-state index contributed by atoms with van der Waals surface area (Å²) in [7, 11) is 0. The first-order valence-electron chi connectivity index (χ1n) is 8.48. The highest BCUT2D eigenvalue weighted by molar-refractivity contribution is 5.37. The Morgan fingerprint density at radius 3 is 3.04 bits per heavy atom. The lowest BCUT2D eigenvalue weighted by Gasteiger charge is -2.31. The fraction of sp³-hybridized carbons (Fsp3) is 0.316. The summed E-state index contributed by atoms with van der Waals surface area (Å²) in [5, 5.41) is 0. The zero-order valence-corrected chi connectivity index (χ0v) is 13.8. The van der Waals surface area contributed by atoms with Crippen molar-refractivity contribution in [1.82, 2.24) is 15.0 Å². The molecular formula is C19H19FN4O. The minimum atomic E-state index is -0.231. The molecule has 0 amide bonds. The SMILES string of the molecule is Fc1cccc(Cc2cnc([C@H]3CCCN(c4ccncn4)C3)o2)c1. The van der Waals surface area contributed by atoms with Gasteiger partial charge < -0.3 is 9.32 Å². The van der Waals surface area contributed by atoms with Gasteiger partial charge in [0.15, 0.2) is 5.89 Å². The van der Waals surface area contributed by atoms with Gasteiger partial charge in [-0.2, -0.15) is 0 Å². The molecule has 0 aliphatic carbocycles. The lowest BCUT2D eigenvalue weighted by atomic mass is 9.98. The van der Waals surface area contributed by atoms with Crippen molar-refractivity contribution in [1.29, 1.82) is 0 Å². The highest BCUT2D eigenvalue weighted by Crippen LogP contribution is 2.29. The average Bonchev–Trinajstić information content (AvgIpc) is 3.11. The first-order chi connectivity index (χ1) is 12.3. The van der Waals surface area contributed by atoms with Gasteiger partial charge in [-0.25, -0.2) is 19.3 Å². The second-order valence-corrected chi connectivity index (χ2v) is 6.32. The van der Waals surface area contributed by atoms with Crippen molar-refractivity contribution in [3.8, 4) is 0 Å². The molecule has 1 aliphatic heterocycles. The summed E-state index contributed by atoms with van der Waals surface area (Å²) in [6, 6.07) is 8.50. The molecular weight excluding hydrogens is 319 g/mol. The van der Waals surface area contributed by atoms with E-state index in [1.165, 1.54) is 12.1 Å². The summed E-state index contributed by atoms with van der Waals surface area (Å²) >= 11 is 0. The maximum Gasteiger partial charge on any atom is 0.199 e. The van der Waals surface area contributed by atoms with Crippen LogP contribution in [0.25, 0.3) is 0 Å². The number of anilines is 1. The average molecular weight is 338 g/mol. The number of aromatic nitrogens is 3. The monoisotopic (exact) mass is 338 g/mol. The van der Waals surface area contributed by atoms with Gasteiger partial charge >= 0.3 is 0 Å². The Balaban J connectivity index is 1.46. The summed E-state index contributed by atoms with van der Waals surface area (Å²) in [5.41, 5.74) is 0.883. The molecule has 3 aromatic rings. The van der Waals surface area contributed by atoms with Crippen molar-refractivity contribution >= 4 is 5.82 Å². The standard InChI is InChI=1S/C19H19FN4O/c20-16-5-1-3-14(9-16)10-17-11-22-19(25-17)15-4-2-8-24(12-15)18-6-7-21-13-23-18/h1,3,5-7,9,11,13,15H,2,4,8,10,12H2/t15-/m0/s1. The molecule has 128 valence electrons. The van der Waals surface area contributed by atoms with E-state index in [-0.39, 0.29) is 11.7 Å². The van der Waals surface area contributed by atoms with Crippen LogP contribution in [0.4, 0.5) is 10.2 Å². The number of oxazole rings is 1. The lowest BCUT2D eigenvalue weighted by molar-refractivity contribution is 0.384. The van der Waals surface area contributed by atoms with Crippen LogP contribution in [0.5, 0.6) is 0 Å².